The third-order valence-corrected chi connectivity index (χ3v) is 6.18. The number of rotatable bonds is 7. The van der Waals surface area contributed by atoms with E-state index in [9.17, 15) is 18.0 Å². The number of anilines is 1. The smallest absolute Gasteiger partial charge is 0.229 e. The molecular formula is C22H25ClN2O4S. The fraction of sp³-hybridized carbons (Fsp3) is 0.364. The second-order valence-corrected chi connectivity index (χ2v) is 9.80. The van der Waals surface area contributed by atoms with Gasteiger partial charge in [-0.2, -0.15) is 0 Å². The van der Waals surface area contributed by atoms with Crippen LogP contribution in [0.5, 0.6) is 0 Å². The topological polar surface area (TPSA) is 83.6 Å². The number of benzene rings is 2. The largest absolute Gasteiger partial charge is 0.292 e. The summed E-state index contributed by atoms with van der Waals surface area (Å²) in [5.74, 6) is -0.101. The molecule has 0 amide bonds. The van der Waals surface area contributed by atoms with E-state index >= 15 is 0 Å². The zero-order valence-electron chi connectivity index (χ0n) is 17.0. The number of sulfonamides is 1. The van der Waals surface area contributed by atoms with E-state index in [4.69, 9.17) is 11.6 Å². The highest BCUT2D eigenvalue weighted by Crippen LogP contribution is 2.25. The van der Waals surface area contributed by atoms with Gasteiger partial charge in [0.2, 0.25) is 10.0 Å². The second-order valence-electron chi connectivity index (χ2n) is 7.61. The van der Waals surface area contributed by atoms with Crippen molar-refractivity contribution in [1.82, 2.24) is 4.90 Å². The van der Waals surface area contributed by atoms with Crippen molar-refractivity contribution in [3.8, 4) is 0 Å². The number of Topliss-reactive ketones (excluding diaryl/α,β-unsaturated/α-hetero) is 2. The molecule has 1 heterocycles. The highest BCUT2D eigenvalue weighted by Gasteiger charge is 2.35. The van der Waals surface area contributed by atoms with Crippen molar-refractivity contribution in [2.24, 2.45) is 0 Å². The number of ketones is 2. The standard InChI is InChI=1S/C22H25ClN2O4S/c1-15(21(26)16-8-12-19(13-9-16)24-30(2,28)29)25-14-4-3-5-20(25)22(27)17-6-10-18(23)11-7-17/h6-13,15,20,24H,3-5,14H2,1-2H3. The number of nitrogens with one attached hydrogen (secondary N) is 1. The van der Waals surface area contributed by atoms with Gasteiger partial charge in [-0.15, -0.1) is 0 Å². The van der Waals surface area contributed by atoms with Gasteiger partial charge >= 0.3 is 0 Å². The van der Waals surface area contributed by atoms with Crippen LogP contribution < -0.4 is 4.72 Å². The summed E-state index contributed by atoms with van der Waals surface area (Å²) in [5, 5.41) is 0.574. The van der Waals surface area contributed by atoms with Crippen molar-refractivity contribution < 1.29 is 18.0 Å². The lowest BCUT2D eigenvalue weighted by molar-refractivity contribution is 0.0571. The molecule has 0 radical (unpaired) electrons. The Labute approximate surface area is 182 Å². The quantitative estimate of drug-likeness (QED) is 0.647. The fourth-order valence-corrected chi connectivity index (χ4v) is 4.50. The van der Waals surface area contributed by atoms with E-state index in [1.54, 1.807) is 48.5 Å². The summed E-state index contributed by atoms with van der Waals surface area (Å²) in [5.41, 5.74) is 1.47. The van der Waals surface area contributed by atoms with Crippen LogP contribution in [0, 0.1) is 0 Å². The monoisotopic (exact) mass is 448 g/mol. The Morgan fingerprint density at radius 3 is 2.23 bits per heavy atom. The summed E-state index contributed by atoms with van der Waals surface area (Å²) < 4.78 is 25.1. The Hall–Kier alpha value is -2.22. The highest BCUT2D eigenvalue weighted by atomic mass is 35.5. The summed E-state index contributed by atoms with van der Waals surface area (Å²) >= 11 is 5.93. The highest BCUT2D eigenvalue weighted by molar-refractivity contribution is 7.92. The van der Waals surface area contributed by atoms with Crippen molar-refractivity contribution in [3.05, 3.63) is 64.7 Å². The summed E-state index contributed by atoms with van der Waals surface area (Å²) in [7, 11) is -3.38. The molecule has 2 unspecified atom stereocenters. The van der Waals surface area contributed by atoms with E-state index in [1.807, 2.05) is 11.8 Å². The predicted molar refractivity (Wildman–Crippen MR) is 119 cm³/mol. The van der Waals surface area contributed by atoms with Crippen LogP contribution in [-0.4, -0.2) is 49.8 Å². The molecule has 2 aromatic rings. The van der Waals surface area contributed by atoms with Crippen molar-refractivity contribution >= 4 is 38.9 Å². The zero-order valence-corrected chi connectivity index (χ0v) is 18.5. The van der Waals surface area contributed by atoms with Crippen LogP contribution in [0.1, 0.15) is 46.9 Å². The number of hydrogen-bond donors (Lipinski definition) is 1. The number of nitrogens with zero attached hydrogens (tertiary/aromatic N) is 1. The van der Waals surface area contributed by atoms with Gasteiger partial charge < -0.3 is 0 Å². The molecule has 0 aromatic heterocycles. The van der Waals surface area contributed by atoms with Gasteiger partial charge in [-0.3, -0.25) is 19.2 Å². The maximum Gasteiger partial charge on any atom is 0.229 e. The minimum Gasteiger partial charge on any atom is -0.292 e. The molecule has 0 saturated carbocycles. The number of hydrogen-bond acceptors (Lipinski definition) is 5. The molecule has 1 aliphatic heterocycles. The Morgan fingerprint density at radius 1 is 1.03 bits per heavy atom. The number of carbonyl (C=O) groups excluding carboxylic acids is 2. The minimum atomic E-state index is -3.38. The van der Waals surface area contributed by atoms with Crippen LogP contribution in [0.4, 0.5) is 5.69 Å². The van der Waals surface area contributed by atoms with Crippen molar-refractivity contribution in [2.45, 2.75) is 38.3 Å². The Bertz CT molecular complexity index is 1020. The Balaban J connectivity index is 1.77. The molecule has 0 aliphatic carbocycles. The lowest BCUT2D eigenvalue weighted by atomic mass is 9.91. The Morgan fingerprint density at radius 2 is 1.63 bits per heavy atom. The average Bonchev–Trinajstić information content (AvgIpc) is 2.72. The zero-order chi connectivity index (χ0) is 21.9. The van der Waals surface area contributed by atoms with Crippen LogP contribution in [0.3, 0.4) is 0 Å². The molecule has 160 valence electrons. The van der Waals surface area contributed by atoms with Gasteiger partial charge in [0.1, 0.15) is 0 Å². The Kier molecular flexibility index (Phi) is 6.95. The van der Waals surface area contributed by atoms with Crippen LogP contribution in [0.15, 0.2) is 48.5 Å². The summed E-state index contributed by atoms with van der Waals surface area (Å²) in [6.07, 6.45) is 3.64. The van der Waals surface area contributed by atoms with Crippen molar-refractivity contribution in [3.63, 3.8) is 0 Å². The lowest BCUT2D eigenvalue weighted by Crippen LogP contribution is -2.51. The number of piperidine rings is 1. The van der Waals surface area contributed by atoms with E-state index in [1.165, 1.54) is 0 Å². The number of likely N-dealkylation sites (tertiary alicyclic amines) is 1. The van der Waals surface area contributed by atoms with E-state index in [0.29, 0.717) is 34.8 Å². The third-order valence-electron chi connectivity index (χ3n) is 5.33. The number of halogens is 1. The second kappa shape index (κ2) is 9.29. The van der Waals surface area contributed by atoms with Crippen molar-refractivity contribution in [2.75, 3.05) is 17.5 Å². The molecule has 30 heavy (non-hydrogen) atoms. The van der Waals surface area contributed by atoms with Gasteiger partial charge in [-0.1, -0.05) is 18.0 Å². The van der Waals surface area contributed by atoms with Gasteiger partial charge in [0.05, 0.1) is 18.3 Å². The minimum absolute atomic E-state index is 0.00119. The van der Waals surface area contributed by atoms with Crippen LogP contribution in [-0.2, 0) is 10.0 Å². The molecule has 1 N–H and O–H groups in total. The van der Waals surface area contributed by atoms with Crippen LogP contribution in [0.25, 0.3) is 0 Å². The van der Waals surface area contributed by atoms with Crippen LogP contribution in [0.2, 0.25) is 5.02 Å². The molecular weight excluding hydrogens is 424 g/mol. The van der Waals surface area contributed by atoms with Crippen molar-refractivity contribution in [1.29, 1.82) is 0 Å². The maximum absolute atomic E-state index is 13.1. The molecule has 1 saturated heterocycles. The van der Waals surface area contributed by atoms with Gasteiger partial charge in [0, 0.05) is 21.8 Å². The summed E-state index contributed by atoms with van der Waals surface area (Å²) in [6, 6.07) is 12.3. The predicted octanol–water partition coefficient (Wildman–Crippen LogP) is 4.02. The van der Waals surface area contributed by atoms with Gasteiger partial charge in [0.15, 0.2) is 11.6 Å². The van der Waals surface area contributed by atoms with E-state index in [0.717, 1.165) is 19.1 Å². The van der Waals surface area contributed by atoms with E-state index in [2.05, 4.69) is 4.72 Å². The first kappa shape index (κ1) is 22.5. The lowest BCUT2D eigenvalue weighted by Gasteiger charge is -2.38. The molecule has 2 aromatic carbocycles. The first-order valence-corrected chi connectivity index (χ1v) is 12.1. The molecule has 6 nitrogen and oxygen atoms in total. The molecule has 3 rings (SSSR count). The molecule has 1 aliphatic rings. The van der Waals surface area contributed by atoms with Gasteiger partial charge in [-0.05, 0) is 74.8 Å². The summed E-state index contributed by atoms with van der Waals surface area (Å²) in [6.45, 7) is 2.49. The van der Waals surface area contributed by atoms with Gasteiger partial charge in [0.25, 0.3) is 0 Å². The SMILES string of the molecule is CC(C(=O)c1ccc(NS(C)(=O)=O)cc1)N1CCCCC1C(=O)c1ccc(Cl)cc1. The molecule has 0 spiro atoms. The van der Waals surface area contributed by atoms with E-state index < -0.39 is 16.1 Å². The fourth-order valence-electron chi connectivity index (χ4n) is 3.81. The first-order chi connectivity index (χ1) is 14.2. The normalized spacial score (nSPS) is 18.6. The third kappa shape index (κ3) is 5.47. The van der Waals surface area contributed by atoms with Gasteiger partial charge in [-0.25, -0.2) is 8.42 Å². The van der Waals surface area contributed by atoms with E-state index in [-0.39, 0.29) is 17.6 Å². The molecule has 1 fully saturated rings. The molecule has 0 bridgehead atoms. The van der Waals surface area contributed by atoms with Crippen LogP contribution >= 0.6 is 11.6 Å². The first-order valence-electron chi connectivity index (χ1n) is 9.83. The maximum atomic E-state index is 13.1. The molecule has 2 atom stereocenters. The number of carbonyl (C=O) groups is 2. The summed E-state index contributed by atoms with van der Waals surface area (Å²) in [4.78, 5) is 28.2. The average molecular weight is 449 g/mol. The molecule has 8 heteroatoms.